The summed E-state index contributed by atoms with van der Waals surface area (Å²) in [5.74, 6) is -0.824. The summed E-state index contributed by atoms with van der Waals surface area (Å²) >= 11 is 0. The zero-order valence-electron chi connectivity index (χ0n) is 10.4. The van der Waals surface area contributed by atoms with Gasteiger partial charge in [0, 0.05) is 24.3 Å². The molecule has 1 atom stereocenters. The summed E-state index contributed by atoms with van der Waals surface area (Å²) < 4.78 is 0. The Morgan fingerprint density at radius 2 is 1.89 bits per heavy atom. The van der Waals surface area contributed by atoms with Crippen LogP contribution in [0.2, 0.25) is 0 Å². The van der Waals surface area contributed by atoms with Gasteiger partial charge >= 0.3 is 5.97 Å². The summed E-state index contributed by atoms with van der Waals surface area (Å²) in [7, 11) is 0. The van der Waals surface area contributed by atoms with Gasteiger partial charge in [0.25, 0.3) is 0 Å². The van der Waals surface area contributed by atoms with Crippen LogP contribution in [0, 0.1) is 0 Å². The lowest BCUT2D eigenvalue weighted by Crippen LogP contribution is -2.29. The number of aliphatic carboxylic acids is 1. The highest BCUT2D eigenvalue weighted by molar-refractivity contribution is 5.78. The first-order chi connectivity index (χ1) is 8.57. The minimum Gasteiger partial charge on any atom is -0.480 e. The predicted octanol–water partition coefficient (Wildman–Crippen LogP) is 2.01. The second-order valence-corrected chi connectivity index (χ2v) is 4.14. The van der Waals surface area contributed by atoms with Crippen molar-refractivity contribution in [3.8, 4) is 0 Å². The number of ketones is 1. The van der Waals surface area contributed by atoms with Crippen molar-refractivity contribution in [2.45, 2.75) is 51.0 Å². The Labute approximate surface area is 106 Å². The molecule has 0 saturated heterocycles. The van der Waals surface area contributed by atoms with Crippen molar-refractivity contribution in [1.82, 2.24) is 0 Å². The number of carbonyl (C=O) groups excluding carboxylic acids is 1. The molecule has 3 N–H and O–H groups in total. The van der Waals surface area contributed by atoms with Crippen molar-refractivity contribution in [3.63, 3.8) is 0 Å². The third-order valence-electron chi connectivity index (χ3n) is 2.56. The summed E-state index contributed by atoms with van der Waals surface area (Å²) in [6, 6.07) is -0.801. The molecule has 0 aliphatic carbocycles. The highest BCUT2D eigenvalue weighted by atomic mass is 16.4. The molecule has 0 aromatic carbocycles. The minimum atomic E-state index is -0.982. The number of nitrogens with two attached hydrogens (primary N) is 1. The smallest absolute Gasteiger partial charge is 0.320 e. The van der Waals surface area contributed by atoms with Gasteiger partial charge < -0.3 is 10.8 Å². The number of hydrogen-bond acceptors (Lipinski definition) is 4. The third-order valence-corrected chi connectivity index (χ3v) is 2.56. The number of hydrogen-bond donors (Lipinski definition) is 2. The van der Waals surface area contributed by atoms with Gasteiger partial charge in [0.1, 0.15) is 11.8 Å². The zero-order chi connectivity index (χ0) is 13.8. The largest absolute Gasteiger partial charge is 0.480 e. The fourth-order valence-electron chi connectivity index (χ4n) is 1.50. The molecule has 0 amide bonds. The lowest BCUT2D eigenvalue weighted by Gasteiger charge is -2.05. The molecular formula is C11H20N4O3. The van der Waals surface area contributed by atoms with Gasteiger partial charge in [0.2, 0.25) is 0 Å². The van der Waals surface area contributed by atoms with Crippen LogP contribution in [0.5, 0.6) is 0 Å². The Balaban J connectivity index is 3.40. The van der Waals surface area contributed by atoms with Gasteiger partial charge in [-0.2, -0.15) is 0 Å². The molecule has 18 heavy (non-hydrogen) atoms. The van der Waals surface area contributed by atoms with E-state index >= 15 is 0 Å². The maximum absolute atomic E-state index is 11.4. The Hall–Kier alpha value is -1.59. The van der Waals surface area contributed by atoms with Crippen molar-refractivity contribution < 1.29 is 14.7 Å². The van der Waals surface area contributed by atoms with Crippen LogP contribution in [0.15, 0.2) is 5.11 Å². The normalized spacial score (nSPS) is 11.6. The lowest BCUT2D eigenvalue weighted by atomic mass is 10.0. The van der Waals surface area contributed by atoms with Crippen LogP contribution < -0.4 is 5.73 Å². The van der Waals surface area contributed by atoms with Crippen LogP contribution in [0.1, 0.15) is 44.9 Å². The summed E-state index contributed by atoms with van der Waals surface area (Å²) in [5, 5.41) is 11.9. The number of carbonyl (C=O) groups is 2. The molecule has 102 valence electrons. The first-order valence-corrected chi connectivity index (χ1v) is 6.09. The molecule has 7 heteroatoms. The number of nitrogens with zero attached hydrogens (tertiary/aromatic N) is 3. The summed E-state index contributed by atoms with van der Waals surface area (Å²) in [6.07, 6.45) is 4.26. The van der Waals surface area contributed by atoms with Crippen LogP contribution >= 0.6 is 0 Å². The molecule has 0 rings (SSSR count). The number of carboxylic acid groups (broad SMARTS) is 1. The standard InChI is InChI=1S/C11H20N4O3/c12-10(11(17)18)7-3-1-2-5-9(16)6-4-8-14-15-13/h10H,1-8,12H2,(H,17,18)/t10-/m0/s1. The Kier molecular flexibility index (Phi) is 9.62. The minimum absolute atomic E-state index is 0.158. The average molecular weight is 256 g/mol. The van der Waals surface area contributed by atoms with Crippen molar-refractivity contribution in [3.05, 3.63) is 10.4 Å². The maximum Gasteiger partial charge on any atom is 0.320 e. The second kappa shape index (κ2) is 10.6. The van der Waals surface area contributed by atoms with E-state index in [4.69, 9.17) is 16.4 Å². The Bertz CT molecular complexity index is 313. The van der Waals surface area contributed by atoms with Gasteiger partial charge in [0.15, 0.2) is 0 Å². The molecule has 7 nitrogen and oxygen atoms in total. The molecular weight excluding hydrogens is 236 g/mol. The number of unbranched alkanes of at least 4 members (excludes halogenated alkanes) is 2. The lowest BCUT2D eigenvalue weighted by molar-refractivity contribution is -0.138. The predicted molar refractivity (Wildman–Crippen MR) is 67.0 cm³/mol. The Morgan fingerprint density at radius 3 is 2.50 bits per heavy atom. The highest BCUT2D eigenvalue weighted by Gasteiger charge is 2.10. The van der Waals surface area contributed by atoms with E-state index in [1.165, 1.54) is 0 Å². The molecule has 0 radical (unpaired) electrons. The van der Waals surface area contributed by atoms with E-state index in [2.05, 4.69) is 10.0 Å². The fourth-order valence-corrected chi connectivity index (χ4v) is 1.50. The molecule has 0 spiro atoms. The molecule has 0 fully saturated rings. The van der Waals surface area contributed by atoms with E-state index in [0.717, 1.165) is 19.3 Å². The molecule has 0 saturated carbocycles. The molecule has 0 aromatic heterocycles. The molecule has 0 aliphatic heterocycles. The van der Waals surface area contributed by atoms with Crippen molar-refractivity contribution in [2.24, 2.45) is 10.8 Å². The van der Waals surface area contributed by atoms with Gasteiger partial charge in [-0.3, -0.25) is 9.59 Å². The van der Waals surface area contributed by atoms with Crippen molar-refractivity contribution in [2.75, 3.05) is 6.54 Å². The van der Waals surface area contributed by atoms with Gasteiger partial charge in [-0.1, -0.05) is 18.0 Å². The summed E-state index contributed by atoms with van der Waals surface area (Å²) in [5.41, 5.74) is 13.4. The number of carboxylic acids is 1. The number of Topliss-reactive ketones (excluding diaryl/α,β-unsaturated/α-hetero) is 1. The molecule has 0 bridgehead atoms. The van der Waals surface area contributed by atoms with E-state index in [-0.39, 0.29) is 5.78 Å². The van der Waals surface area contributed by atoms with Gasteiger partial charge in [-0.15, -0.1) is 0 Å². The molecule has 0 aliphatic rings. The van der Waals surface area contributed by atoms with E-state index in [0.29, 0.717) is 32.2 Å². The SMILES string of the molecule is [N-]=[N+]=NCCCC(=O)CCCCC[C@H](N)C(=O)O. The zero-order valence-corrected chi connectivity index (χ0v) is 10.4. The Morgan fingerprint density at radius 1 is 1.22 bits per heavy atom. The van der Waals surface area contributed by atoms with Gasteiger partial charge in [-0.05, 0) is 24.8 Å². The van der Waals surface area contributed by atoms with Crippen LogP contribution in [0.25, 0.3) is 10.4 Å². The first-order valence-electron chi connectivity index (χ1n) is 6.09. The highest BCUT2D eigenvalue weighted by Crippen LogP contribution is 2.07. The van der Waals surface area contributed by atoms with E-state index in [9.17, 15) is 9.59 Å². The summed E-state index contributed by atoms with van der Waals surface area (Å²) in [6.45, 7) is 0.357. The van der Waals surface area contributed by atoms with Crippen LogP contribution in [-0.2, 0) is 9.59 Å². The fraction of sp³-hybridized carbons (Fsp3) is 0.818. The quantitative estimate of drug-likeness (QED) is 0.253. The van der Waals surface area contributed by atoms with Crippen molar-refractivity contribution >= 4 is 11.8 Å². The van der Waals surface area contributed by atoms with Crippen LogP contribution in [-0.4, -0.2) is 29.4 Å². The van der Waals surface area contributed by atoms with Crippen LogP contribution in [0.3, 0.4) is 0 Å². The second-order valence-electron chi connectivity index (χ2n) is 4.14. The van der Waals surface area contributed by atoms with Crippen molar-refractivity contribution in [1.29, 1.82) is 0 Å². The number of azide groups is 1. The van der Waals surface area contributed by atoms with Gasteiger partial charge in [-0.25, -0.2) is 0 Å². The summed E-state index contributed by atoms with van der Waals surface area (Å²) in [4.78, 5) is 24.4. The van der Waals surface area contributed by atoms with Crippen LogP contribution in [0.4, 0.5) is 0 Å². The van der Waals surface area contributed by atoms with E-state index in [1.54, 1.807) is 0 Å². The maximum atomic E-state index is 11.4. The first kappa shape index (κ1) is 16.4. The average Bonchev–Trinajstić information content (AvgIpc) is 2.33. The third kappa shape index (κ3) is 9.62. The van der Waals surface area contributed by atoms with E-state index < -0.39 is 12.0 Å². The van der Waals surface area contributed by atoms with Gasteiger partial charge in [0.05, 0.1) is 0 Å². The van der Waals surface area contributed by atoms with E-state index in [1.807, 2.05) is 0 Å². The topological polar surface area (TPSA) is 129 Å². The molecule has 0 unspecified atom stereocenters. The molecule has 0 heterocycles. The molecule has 0 aromatic rings. The number of rotatable bonds is 11. The monoisotopic (exact) mass is 256 g/mol.